The summed E-state index contributed by atoms with van der Waals surface area (Å²) in [5, 5.41) is 18.3. The normalized spacial score (nSPS) is 11.5. The zero-order valence-corrected chi connectivity index (χ0v) is 27.8. The number of hydrogen-bond donors (Lipinski definition) is 2. The van der Waals surface area contributed by atoms with Crippen LogP contribution in [0.1, 0.15) is 11.3 Å². The Morgan fingerprint density at radius 2 is 1.75 bits per heavy atom. The molecule has 0 aliphatic carbocycles. The first-order chi connectivity index (χ1) is 15.7. The molecule has 0 bridgehead atoms. The van der Waals surface area contributed by atoms with Gasteiger partial charge in [0.1, 0.15) is 25.9 Å². The van der Waals surface area contributed by atoms with Crippen molar-refractivity contribution in [2.75, 3.05) is 5.73 Å². The summed E-state index contributed by atoms with van der Waals surface area (Å²) in [7, 11) is -10.5. The number of nitrogens with two attached hydrogens (primary N) is 1. The standard InChI is InChI=1S/C17H14N6O8S3.2K/c1-7-13(19-3)16(24)23(17(25)14(7)20-21-15-12(18)8(2)22-32-15)10-6-9(33(26,27)28)4-5-11(10)34(29,30)31;;/h4-6,24H,18H2,1-2H3,(H,26,27,28)(H,29,30,31);;/q;2*+1/p-2. The van der Waals surface area contributed by atoms with Crippen molar-refractivity contribution in [3.63, 3.8) is 0 Å². The molecule has 3 N–H and O–H groups in total. The van der Waals surface area contributed by atoms with Gasteiger partial charge >= 0.3 is 103 Å². The molecule has 1 aromatic carbocycles. The molecule has 3 rings (SSSR count). The summed E-state index contributed by atoms with van der Waals surface area (Å²) < 4.78 is 73.8. The van der Waals surface area contributed by atoms with Crippen LogP contribution >= 0.6 is 11.5 Å². The molecule has 178 valence electrons. The first-order valence-electron chi connectivity index (χ1n) is 8.74. The van der Waals surface area contributed by atoms with E-state index >= 15 is 0 Å². The van der Waals surface area contributed by atoms with Crippen LogP contribution in [0.15, 0.2) is 43.0 Å². The average Bonchev–Trinajstić information content (AvgIpc) is 3.04. The van der Waals surface area contributed by atoms with Gasteiger partial charge in [0.05, 0.1) is 33.4 Å². The minimum absolute atomic E-state index is 0. The third-order valence-corrected chi connectivity index (χ3v) is 7.07. The quantitative estimate of drug-likeness (QED) is 0.124. The molecule has 0 aliphatic heterocycles. The number of aromatic nitrogens is 2. The molecule has 0 amide bonds. The number of nitrogens with zero attached hydrogens (tertiary/aromatic N) is 5. The van der Waals surface area contributed by atoms with Crippen LogP contribution in [-0.2, 0) is 20.2 Å². The maximum atomic E-state index is 13.2. The fourth-order valence-corrected chi connectivity index (χ4v) is 4.57. The first-order valence-corrected chi connectivity index (χ1v) is 12.3. The summed E-state index contributed by atoms with van der Waals surface area (Å²) in [5.41, 5.74) is 2.89. The molecule has 14 nitrogen and oxygen atoms in total. The van der Waals surface area contributed by atoms with Gasteiger partial charge < -0.3 is 19.9 Å². The number of aryl methyl sites for hydroxylation is 1. The van der Waals surface area contributed by atoms with Crippen molar-refractivity contribution in [3.05, 3.63) is 51.2 Å². The predicted molar refractivity (Wildman–Crippen MR) is 116 cm³/mol. The Morgan fingerprint density at radius 3 is 2.22 bits per heavy atom. The Kier molecular flexibility index (Phi) is 11.8. The fraction of sp³-hybridized carbons (Fsp3) is 0.118. The van der Waals surface area contributed by atoms with E-state index in [1.165, 1.54) is 6.92 Å². The zero-order valence-electron chi connectivity index (χ0n) is 19.1. The van der Waals surface area contributed by atoms with Crippen molar-refractivity contribution in [1.29, 1.82) is 0 Å². The Morgan fingerprint density at radius 1 is 1.14 bits per heavy atom. The molecule has 19 heteroatoms. The van der Waals surface area contributed by atoms with Crippen molar-refractivity contribution in [2.24, 2.45) is 10.2 Å². The predicted octanol–water partition coefficient (Wildman–Crippen LogP) is -4.02. The molecule has 2 aromatic heterocycles. The minimum Gasteiger partial charge on any atom is -0.744 e. The van der Waals surface area contributed by atoms with Gasteiger partial charge in [0, 0.05) is 0 Å². The summed E-state index contributed by atoms with van der Waals surface area (Å²) in [6.07, 6.45) is 0. The Balaban J connectivity index is 0.00000324. The van der Waals surface area contributed by atoms with Gasteiger partial charge in [-0.1, -0.05) is 0 Å². The summed E-state index contributed by atoms with van der Waals surface area (Å²) in [4.78, 5) is 14.2. The topological polar surface area (TPSA) is 225 Å². The molecule has 0 spiro atoms. The molecule has 0 aliphatic rings. The van der Waals surface area contributed by atoms with Gasteiger partial charge in [0.25, 0.3) is 11.2 Å². The summed E-state index contributed by atoms with van der Waals surface area (Å²) in [6.45, 7) is 10.2. The van der Waals surface area contributed by atoms with Crippen molar-refractivity contribution in [1.82, 2.24) is 8.94 Å². The molecule has 3 aromatic rings. The van der Waals surface area contributed by atoms with Gasteiger partial charge in [-0.2, -0.15) is 4.37 Å². The third kappa shape index (κ3) is 6.77. The number of pyridine rings is 1. The van der Waals surface area contributed by atoms with E-state index in [1.54, 1.807) is 6.92 Å². The van der Waals surface area contributed by atoms with Crippen LogP contribution < -0.4 is 114 Å². The maximum Gasteiger partial charge on any atom is 1.00 e. The molecule has 0 saturated heterocycles. The number of benzene rings is 1. The largest absolute Gasteiger partial charge is 1.00 e. The minimum atomic E-state index is -5.35. The molecule has 0 fully saturated rings. The van der Waals surface area contributed by atoms with Crippen molar-refractivity contribution in [2.45, 2.75) is 23.6 Å². The first kappa shape index (κ1) is 33.6. The number of aromatic hydroxyl groups is 1. The van der Waals surface area contributed by atoms with E-state index in [4.69, 9.17) is 12.3 Å². The number of nitrogen functional groups attached to an aromatic ring is 1. The molecule has 0 unspecified atom stereocenters. The van der Waals surface area contributed by atoms with Crippen LogP contribution in [0.2, 0.25) is 0 Å². The summed E-state index contributed by atoms with van der Waals surface area (Å²) in [6, 6.07) is 1.47. The second kappa shape index (κ2) is 12.6. The number of anilines is 1. The Labute approximate surface area is 294 Å². The van der Waals surface area contributed by atoms with Gasteiger partial charge in [-0.3, -0.25) is 9.36 Å². The molecule has 0 atom stereocenters. The van der Waals surface area contributed by atoms with Crippen molar-refractivity contribution < 1.29 is 134 Å². The second-order valence-corrected chi connectivity index (χ2v) is 10.1. The van der Waals surface area contributed by atoms with E-state index in [2.05, 4.69) is 19.4 Å². The Hall–Kier alpha value is -0.417. The van der Waals surface area contributed by atoms with Gasteiger partial charge in [-0.05, 0) is 49.1 Å². The van der Waals surface area contributed by atoms with E-state index in [0.29, 0.717) is 23.9 Å². The molecule has 2 heterocycles. The van der Waals surface area contributed by atoms with Crippen LogP contribution in [0.3, 0.4) is 0 Å². The van der Waals surface area contributed by atoms with Crippen LogP contribution in [0.4, 0.5) is 22.1 Å². The van der Waals surface area contributed by atoms with Gasteiger partial charge in [-0.25, -0.2) is 21.7 Å². The molecular weight excluding hydrogens is 591 g/mol. The molecular formula is C17H12K2N6O8S3. The monoisotopic (exact) mass is 602 g/mol. The van der Waals surface area contributed by atoms with Gasteiger partial charge in [-0.15, -0.1) is 10.2 Å². The number of azo groups is 1. The van der Waals surface area contributed by atoms with Crippen LogP contribution in [0, 0.1) is 20.4 Å². The van der Waals surface area contributed by atoms with Crippen molar-refractivity contribution >= 4 is 53.8 Å². The molecule has 0 saturated carbocycles. The molecule has 36 heavy (non-hydrogen) atoms. The zero-order chi connectivity index (χ0) is 25.6. The Bertz CT molecular complexity index is 1690. The fourth-order valence-electron chi connectivity index (χ4n) is 2.79. The van der Waals surface area contributed by atoms with Crippen molar-refractivity contribution in [3.8, 4) is 11.6 Å². The van der Waals surface area contributed by atoms with E-state index in [1.807, 2.05) is 0 Å². The average molecular weight is 603 g/mol. The van der Waals surface area contributed by atoms with Crippen LogP contribution in [-0.4, -0.2) is 40.0 Å². The summed E-state index contributed by atoms with van der Waals surface area (Å²) >= 11 is 0.855. The smallest absolute Gasteiger partial charge is 0.744 e. The van der Waals surface area contributed by atoms with E-state index < -0.39 is 58.5 Å². The second-order valence-electron chi connectivity index (χ2n) is 6.62. The van der Waals surface area contributed by atoms with Gasteiger partial charge in [0.15, 0.2) is 5.00 Å². The number of hydrogen-bond acceptors (Lipinski definition) is 13. The SMILES string of the molecule is [C-]#[N+]c1c(C)c(N=Nc2snc(C)c2N)c(=O)n(-c2cc(S(=O)(=O)[O-])ccc2S(=O)(=O)[O-])c1O.[K+].[K+]. The van der Waals surface area contributed by atoms with Gasteiger partial charge in [0.2, 0.25) is 5.88 Å². The van der Waals surface area contributed by atoms with Crippen LogP contribution in [0.25, 0.3) is 10.5 Å². The van der Waals surface area contributed by atoms with E-state index in [9.17, 15) is 35.8 Å². The third-order valence-electron chi connectivity index (χ3n) is 4.51. The summed E-state index contributed by atoms with van der Waals surface area (Å²) in [5.74, 6) is -1.12. The number of rotatable bonds is 5. The maximum absolute atomic E-state index is 13.2. The van der Waals surface area contributed by atoms with E-state index in [-0.39, 0.29) is 124 Å². The molecule has 0 radical (unpaired) electrons. The van der Waals surface area contributed by atoms with E-state index in [0.717, 1.165) is 11.5 Å². The van der Waals surface area contributed by atoms with Crippen LogP contribution in [0.5, 0.6) is 5.88 Å².